The van der Waals surface area contributed by atoms with E-state index in [0.717, 1.165) is 0 Å². The third kappa shape index (κ3) is 5.20. The molecule has 1 aromatic carbocycles. The third-order valence-corrected chi connectivity index (χ3v) is 7.16. The van der Waals surface area contributed by atoms with Gasteiger partial charge in [0.2, 0.25) is 5.91 Å². The molecule has 208 valence electrons. The molecule has 4 N–H and O–H groups in total. The van der Waals surface area contributed by atoms with Gasteiger partial charge in [0.25, 0.3) is 11.5 Å². The van der Waals surface area contributed by atoms with Crippen molar-refractivity contribution in [3.8, 4) is 16.9 Å². The van der Waals surface area contributed by atoms with E-state index in [0.29, 0.717) is 42.3 Å². The number of hydrogen-bond acceptors (Lipinski definition) is 8. The van der Waals surface area contributed by atoms with Gasteiger partial charge in [0, 0.05) is 38.0 Å². The van der Waals surface area contributed by atoms with E-state index >= 15 is 0 Å². The summed E-state index contributed by atoms with van der Waals surface area (Å²) in [7, 11) is 1.54. The van der Waals surface area contributed by atoms with Crippen molar-refractivity contribution in [2.75, 3.05) is 29.9 Å². The Hall–Kier alpha value is -4.13. The molecule has 2 amide bonds. The number of fused-ring (bicyclic) bond motifs is 1. The first-order valence-corrected chi connectivity index (χ1v) is 13.0. The Morgan fingerprint density at radius 2 is 2.00 bits per heavy atom. The molecule has 4 aromatic rings. The SMILES string of the molecule is CC1CN(c2cc(NC(=O)Cn3cc(-c4cc(Cl)c(O)c(C(N)=O)c4)c4c(=O)n(C)cnc43)c(Cl)cn2)CCO1. The van der Waals surface area contributed by atoms with Crippen LogP contribution in [0.15, 0.2) is 41.7 Å². The first-order chi connectivity index (χ1) is 19.0. The number of carbonyl (C=O) groups is 2. The maximum absolute atomic E-state index is 13.2. The van der Waals surface area contributed by atoms with Gasteiger partial charge in [0.05, 0.1) is 51.9 Å². The summed E-state index contributed by atoms with van der Waals surface area (Å²) in [4.78, 5) is 49.0. The lowest BCUT2D eigenvalue weighted by molar-refractivity contribution is -0.116. The standard InChI is InChI=1S/C26H25Cl2N7O5/c1-13-9-34(3-4-40-13)20-7-19(18(28)8-30-20)32-21(36)11-35-10-16(22-25(35)31-12-33(2)26(22)39)14-5-15(24(29)38)23(37)17(27)6-14/h5-8,10,12-13,37H,3-4,9,11H2,1-2H3,(H2,29,38)(H,30,32,36). The number of rotatable bonds is 6. The minimum atomic E-state index is -0.893. The Kier molecular flexibility index (Phi) is 7.41. The van der Waals surface area contributed by atoms with Crippen molar-refractivity contribution in [2.45, 2.75) is 19.6 Å². The number of aromatic nitrogens is 4. The van der Waals surface area contributed by atoms with Crippen LogP contribution in [0.5, 0.6) is 5.75 Å². The van der Waals surface area contributed by atoms with Crippen LogP contribution >= 0.6 is 23.2 Å². The van der Waals surface area contributed by atoms with Gasteiger partial charge in [0.1, 0.15) is 23.8 Å². The number of halogens is 2. The summed E-state index contributed by atoms with van der Waals surface area (Å²) >= 11 is 12.5. The van der Waals surface area contributed by atoms with E-state index in [4.69, 9.17) is 33.7 Å². The van der Waals surface area contributed by atoms with Crippen molar-refractivity contribution >= 4 is 57.6 Å². The average Bonchev–Trinajstić information content (AvgIpc) is 3.27. The highest BCUT2D eigenvalue weighted by atomic mass is 35.5. The fraction of sp³-hybridized carbons (Fsp3) is 0.269. The molecule has 0 radical (unpaired) electrons. The number of phenols is 1. The maximum atomic E-state index is 13.2. The second-order valence-corrected chi connectivity index (χ2v) is 10.3. The number of hydrogen-bond donors (Lipinski definition) is 3. The molecule has 0 saturated carbocycles. The Bertz CT molecular complexity index is 1720. The second-order valence-electron chi connectivity index (χ2n) is 9.45. The second kappa shape index (κ2) is 10.8. The number of aryl methyl sites for hydroxylation is 1. The van der Waals surface area contributed by atoms with Gasteiger partial charge in [-0.15, -0.1) is 0 Å². The molecule has 40 heavy (non-hydrogen) atoms. The number of aromatic hydroxyl groups is 1. The van der Waals surface area contributed by atoms with Crippen molar-refractivity contribution in [3.63, 3.8) is 0 Å². The summed E-state index contributed by atoms with van der Waals surface area (Å²) in [6.07, 6.45) is 4.42. The highest BCUT2D eigenvalue weighted by Gasteiger charge is 2.22. The van der Waals surface area contributed by atoms with E-state index in [9.17, 15) is 19.5 Å². The number of morpholine rings is 1. The zero-order valence-electron chi connectivity index (χ0n) is 21.5. The lowest BCUT2D eigenvalue weighted by Gasteiger charge is -2.32. The van der Waals surface area contributed by atoms with Gasteiger partial charge >= 0.3 is 0 Å². The Morgan fingerprint density at radius 1 is 1.23 bits per heavy atom. The lowest BCUT2D eigenvalue weighted by atomic mass is 10.0. The molecule has 3 aromatic heterocycles. The molecule has 4 heterocycles. The van der Waals surface area contributed by atoms with Crippen molar-refractivity contribution in [2.24, 2.45) is 12.8 Å². The summed E-state index contributed by atoms with van der Waals surface area (Å²) in [6, 6.07) is 4.44. The third-order valence-electron chi connectivity index (χ3n) is 6.57. The van der Waals surface area contributed by atoms with Crippen LogP contribution in [0.4, 0.5) is 11.5 Å². The molecule has 1 fully saturated rings. The van der Waals surface area contributed by atoms with Gasteiger partial charge in [-0.3, -0.25) is 14.4 Å². The smallest absolute Gasteiger partial charge is 0.263 e. The fourth-order valence-electron chi connectivity index (χ4n) is 4.61. The summed E-state index contributed by atoms with van der Waals surface area (Å²) in [5.41, 5.74) is 6.12. The Morgan fingerprint density at radius 3 is 2.73 bits per heavy atom. The van der Waals surface area contributed by atoms with Crippen LogP contribution in [0.25, 0.3) is 22.2 Å². The van der Waals surface area contributed by atoms with E-state index in [1.54, 1.807) is 19.3 Å². The number of pyridine rings is 1. The average molecular weight is 586 g/mol. The molecule has 1 unspecified atom stereocenters. The van der Waals surface area contributed by atoms with Gasteiger partial charge in [-0.05, 0) is 24.6 Å². The van der Waals surface area contributed by atoms with Crippen molar-refractivity contribution in [1.29, 1.82) is 0 Å². The van der Waals surface area contributed by atoms with Gasteiger partial charge in [-0.2, -0.15) is 0 Å². The first-order valence-electron chi connectivity index (χ1n) is 12.2. The minimum Gasteiger partial charge on any atom is -0.506 e. The molecule has 1 saturated heterocycles. The normalized spacial score (nSPS) is 15.4. The number of carbonyl (C=O) groups excluding carboxylic acids is 2. The van der Waals surface area contributed by atoms with Crippen molar-refractivity contribution in [1.82, 2.24) is 19.1 Å². The van der Waals surface area contributed by atoms with E-state index in [-0.39, 0.29) is 44.9 Å². The summed E-state index contributed by atoms with van der Waals surface area (Å²) in [5.74, 6) is -1.13. The lowest BCUT2D eigenvalue weighted by Crippen LogP contribution is -2.41. The summed E-state index contributed by atoms with van der Waals surface area (Å²) in [5, 5.41) is 13.3. The molecule has 1 aliphatic heterocycles. The zero-order chi connectivity index (χ0) is 28.7. The topological polar surface area (TPSA) is 158 Å². The quantitative estimate of drug-likeness (QED) is 0.311. The van der Waals surface area contributed by atoms with Gasteiger partial charge < -0.3 is 34.9 Å². The Balaban J connectivity index is 1.50. The number of anilines is 2. The molecule has 5 rings (SSSR count). The number of amides is 2. The number of nitrogens with two attached hydrogens (primary N) is 1. The van der Waals surface area contributed by atoms with Gasteiger partial charge in [-0.25, -0.2) is 9.97 Å². The summed E-state index contributed by atoms with van der Waals surface area (Å²) in [6.45, 7) is 3.63. The molecule has 1 atom stereocenters. The van der Waals surface area contributed by atoms with Gasteiger partial charge in [-0.1, -0.05) is 23.2 Å². The monoisotopic (exact) mass is 585 g/mol. The highest BCUT2D eigenvalue weighted by Crippen LogP contribution is 2.36. The first kappa shape index (κ1) is 27.4. The molecule has 12 nitrogen and oxygen atoms in total. The number of nitrogens with one attached hydrogen (secondary N) is 1. The van der Waals surface area contributed by atoms with Crippen LogP contribution in [0, 0.1) is 0 Å². The molecule has 1 aliphatic rings. The Labute approximate surface area is 237 Å². The van der Waals surface area contributed by atoms with Crippen LogP contribution in [0.1, 0.15) is 17.3 Å². The highest BCUT2D eigenvalue weighted by molar-refractivity contribution is 6.34. The fourth-order valence-corrected chi connectivity index (χ4v) is 4.98. The maximum Gasteiger partial charge on any atom is 0.263 e. The largest absolute Gasteiger partial charge is 0.506 e. The number of nitrogens with zero attached hydrogens (tertiary/aromatic N) is 5. The van der Waals surface area contributed by atoms with Crippen LogP contribution in [0.3, 0.4) is 0 Å². The molecular weight excluding hydrogens is 561 g/mol. The van der Waals surface area contributed by atoms with Crippen LogP contribution < -0.4 is 21.5 Å². The van der Waals surface area contributed by atoms with Gasteiger partial charge in [0.15, 0.2) is 0 Å². The molecule has 0 spiro atoms. The predicted molar refractivity (Wildman–Crippen MR) is 151 cm³/mol. The van der Waals surface area contributed by atoms with Crippen molar-refractivity contribution in [3.05, 3.63) is 62.9 Å². The number of primary amides is 1. The van der Waals surface area contributed by atoms with Crippen LogP contribution in [0.2, 0.25) is 10.0 Å². The van der Waals surface area contributed by atoms with E-state index in [1.165, 1.54) is 33.8 Å². The number of benzene rings is 1. The van der Waals surface area contributed by atoms with E-state index < -0.39 is 17.6 Å². The number of ether oxygens (including phenoxy) is 1. The minimum absolute atomic E-state index is 0.0446. The summed E-state index contributed by atoms with van der Waals surface area (Å²) < 4.78 is 8.38. The van der Waals surface area contributed by atoms with Crippen LogP contribution in [-0.4, -0.2) is 61.8 Å². The predicted octanol–water partition coefficient (Wildman–Crippen LogP) is 2.77. The molecular formula is C26H25Cl2N7O5. The molecule has 14 heteroatoms. The van der Waals surface area contributed by atoms with Crippen molar-refractivity contribution < 1.29 is 19.4 Å². The zero-order valence-corrected chi connectivity index (χ0v) is 23.0. The van der Waals surface area contributed by atoms with Crippen LogP contribution in [-0.2, 0) is 23.1 Å². The molecule has 0 aliphatic carbocycles. The molecule has 0 bridgehead atoms. The van der Waals surface area contributed by atoms with E-state index in [2.05, 4.69) is 20.2 Å². The van der Waals surface area contributed by atoms with E-state index in [1.807, 2.05) is 6.92 Å².